The van der Waals surface area contributed by atoms with Crippen molar-refractivity contribution in [1.29, 1.82) is 0 Å². The van der Waals surface area contributed by atoms with Crippen LogP contribution in [0.15, 0.2) is 0 Å². The second-order valence-corrected chi connectivity index (χ2v) is 6.03. The summed E-state index contributed by atoms with van der Waals surface area (Å²) in [7, 11) is 0. The predicted octanol–water partition coefficient (Wildman–Crippen LogP) is -0.731. The van der Waals surface area contributed by atoms with Gasteiger partial charge < -0.3 is 15.2 Å². The first-order chi connectivity index (χ1) is 10.6. The van der Waals surface area contributed by atoms with E-state index in [1.54, 1.807) is 4.90 Å². The summed E-state index contributed by atoms with van der Waals surface area (Å²) in [5.74, 6) is 1.38. The van der Waals surface area contributed by atoms with Crippen molar-refractivity contribution in [3.8, 4) is 0 Å². The van der Waals surface area contributed by atoms with Gasteiger partial charge in [0.2, 0.25) is 11.8 Å². The molecule has 1 aromatic heterocycles. The minimum absolute atomic E-state index is 0.0202. The molecule has 0 aromatic carbocycles. The molecule has 8 heteroatoms. The molecule has 0 aliphatic carbocycles. The molecule has 3 rings (SSSR count). The number of likely N-dealkylation sites (tertiary alicyclic amines) is 1. The van der Waals surface area contributed by atoms with Crippen LogP contribution >= 0.6 is 0 Å². The van der Waals surface area contributed by atoms with Gasteiger partial charge in [-0.3, -0.25) is 14.5 Å². The number of nitrogens with two attached hydrogens (primary N) is 1. The number of hydrogen-bond donors (Lipinski definition) is 1. The van der Waals surface area contributed by atoms with Gasteiger partial charge in [0, 0.05) is 19.6 Å². The van der Waals surface area contributed by atoms with Gasteiger partial charge in [0.15, 0.2) is 0 Å². The van der Waals surface area contributed by atoms with Gasteiger partial charge in [-0.05, 0) is 26.2 Å². The highest BCUT2D eigenvalue weighted by Gasteiger charge is 2.32. The van der Waals surface area contributed by atoms with Crippen molar-refractivity contribution in [2.45, 2.75) is 45.3 Å². The van der Waals surface area contributed by atoms with E-state index in [1.807, 2.05) is 6.92 Å². The number of fused-ring (bicyclic) bond motifs is 1. The van der Waals surface area contributed by atoms with E-state index in [4.69, 9.17) is 5.73 Å². The number of aryl methyl sites for hydroxylation is 1. The molecule has 22 heavy (non-hydrogen) atoms. The van der Waals surface area contributed by atoms with Gasteiger partial charge in [-0.1, -0.05) is 0 Å². The lowest BCUT2D eigenvalue weighted by molar-refractivity contribution is -0.142. The first-order valence-corrected chi connectivity index (χ1v) is 7.76. The summed E-state index contributed by atoms with van der Waals surface area (Å²) < 4.78 is 2.08. The Morgan fingerprint density at radius 3 is 2.82 bits per heavy atom. The van der Waals surface area contributed by atoms with E-state index < -0.39 is 11.9 Å². The number of rotatable bonds is 3. The van der Waals surface area contributed by atoms with Crippen molar-refractivity contribution in [3.63, 3.8) is 0 Å². The number of carbonyl (C=O) groups is 2. The fourth-order valence-corrected chi connectivity index (χ4v) is 3.30. The van der Waals surface area contributed by atoms with Gasteiger partial charge >= 0.3 is 0 Å². The molecule has 2 aliphatic heterocycles. The SMILES string of the molecule is Cc1nnc2n1CCN(CC(=O)N1CCCC[C@@H]1C(N)=O)C2. The Morgan fingerprint density at radius 2 is 2.05 bits per heavy atom. The van der Waals surface area contributed by atoms with Gasteiger partial charge in [0.25, 0.3) is 0 Å². The Hall–Kier alpha value is -1.96. The van der Waals surface area contributed by atoms with Gasteiger partial charge in [0.1, 0.15) is 17.7 Å². The van der Waals surface area contributed by atoms with E-state index in [0.717, 1.165) is 37.6 Å². The molecule has 1 fully saturated rings. The van der Waals surface area contributed by atoms with E-state index in [1.165, 1.54) is 0 Å². The second-order valence-electron chi connectivity index (χ2n) is 6.03. The van der Waals surface area contributed by atoms with Gasteiger partial charge in [-0.25, -0.2) is 0 Å². The summed E-state index contributed by atoms with van der Waals surface area (Å²) in [4.78, 5) is 27.8. The van der Waals surface area contributed by atoms with Crippen molar-refractivity contribution in [3.05, 3.63) is 11.6 Å². The van der Waals surface area contributed by atoms with Crippen LogP contribution in [0.25, 0.3) is 0 Å². The molecule has 0 unspecified atom stereocenters. The van der Waals surface area contributed by atoms with E-state index in [0.29, 0.717) is 26.1 Å². The Labute approximate surface area is 129 Å². The Morgan fingerprint density at radius 1 is 1.23 bits per heavy atom. The van der Waals surface area contributed by atoms with Crippen LogP contribution in [0.5, 0.6) is 0 Å². The normalized spacial score (nSPS) is 22.4. The summed E-state index contributed by atoms with van der Waals surface area (Å²) in [6, 6.07) is -0.447. The molecule has 2 aliphatic rings. The maximum Gasteiger partial charge on any atom is 0.240 e. The molecule has 0 radical (unpaired) electrons. The standard InChI is InChI=1S/C14H22N6O2/c1-10-16-17-12-8-18(6-7-19(10)12)9-13(21)20-5-3-2-4-11(20)14(15)22/h11H,2-9H2,1H3,(H2,15,22)/t11-/m1/s1. The molecule has 3 heterocycles. The number of amides is 2. The van der Waals surface area contributed by atoms with Gasteiger partial charge in [0.05, 0.1) is 13.1 Å². The average Bonchev–Trinajstić information content (AvgIpc) is 2.88. The molecule has 120 valence electrons. The fraction of sp³-hybridized carbons (Fsp3) is 0.714. The minimum atomic E-state index is -0.447. The first kappa shape index (κ1) is 15.0. The largest absolute Gasteiger partial charge is 0.368 e. The third-order valence-electron chi connectivity index (χ3n) is 4.53. The lowest BCUT2D eigenvalue weighted by Gasteiger charge is -2.36. The smallest absolute Gasteiger partial charge is 0.240 e. The van der Waals surface area contributed by atoms with E-state index in [9.17, 15) is 9.59 Å². The van der Waals surface area contributed by atoms with Crippen LogP contribution in [0.3, 0.4) is 0 Å². The molecule has 1 aromatic rings. The van der Waals surface area contributed by atoms with E-state index in [-0.39, 0.29) is 5.91 Å². The zero-order chi connectivity index (χ0) is 15.7. The average molecular weight is 306 g/mol. The minimum Gasteiger partial charge on any atom is -0.368 e. The molecule has 1 saturated heterocycles. The number of carbonyl (C=O) groups excluding carboxylic acids is 2. The van der Waals surface area contributed by atoms with Crippen LogP contribution in [-0.2, 0) is 22.7 Å². The highest BCUT2D eigenvalue weighted by molar-refractivity contribution is 5.87. The van der Waals surface area contributed by atoms with Gasteiger partial charge in [-0.15, -0.1) is 10.2 Å². The molecular weight excluding hydrogens is 284 g/mol. The van der Waals surface area contributed by atoms with Crippen LogP contribution < -0.4 is 5.73 Å². The third-order valence-corrected chi connectivity index (χ3v) is 4.53. The van der Waals surface area contributed by atoms with Crippen molar-refractivity contribution in [2.24, 2.45) is 5.73 Å². The number of nitrogens with zero attached hydrogens (tertiary/aromatic N) is 5. The summed E-state index contributed by atoms with van der Waals surface area (Å²) in [5.41, 5.74) is 5.43. The molecule has 0 saturated carbocycles. The maximum absolute atomic E-state index is 12.5. The predicted molar refractivity (Wildman–Crippen MR) is 78.6 cm³/mol. The summed E-state index contributed by atoms with van der Waals surface area (Å²) >= 11 is 0. The lowest BCUT2D eigenvalue weighted by atomic mass is 10.0. The van der Waals surface area contributed by atoms with Crippen molar-refractivity contribution in [2.75, 3.05) is 19.6 Å². The van der Waals surface area contributed by atoms with Gasteiger partial charge in [-0.2, -0.15) is 0 Å². The number of aromatic nitrogens is 3. The third kappa shape index (κ3) is 2.83. The van der Waals surface area contributed by atoms with Crippen LogP contribution in [0.1, 0.15) is 30.9 Å². The second kappa shape index (κ2) is 6.04. The van der Waals surface area contributed by atoms with Crippen molar-refractivity contribution >= 4 is 11.8 Å². The quantitative estimate of drug-likeness (QED) is 0.794. The Kier molecular flexibility index (Phi) is 4.10. The lowest BCUT2D eigenvalue weighted by Crippen LogP contribution is -2.53. The number of hydrogen-bond acceptors (Lipinski definition) is 5. The van der Waals surface area contributed by atoms with Crippen LogP contribution in [0, 0.1) is 6.92 Å². The summed E-state index contributed by atoms with van der Waals surface area (Å²) in [6.07, 6.45) is 2.56. The van der Waals surface area contributed by atoms with Crippen LogP contribution in [-0.4, -0.2) is 62.1 Å². The Bertz CT molecular complexity index is 584. The van der Waals surface area contributed by atoms with E-state index >= 15 is 0 Å². The number of piperidine rings is 1. The first-order valence-electron chi connectivity index (χ1n) is 7.76. The monoisotopic (exact) mass is 306 g/mol. The molecular formula is C14H22N6O2. The molecule has 2 N–H and O–H groups in total. The maximum atomic E-state index is 12.5. The molecule has 8 nitrogen and oxygen atoms in total. The zero-order valence-corrected chi connectivity index (χ0v) is 12.9. The molecule has 1 atom stereocenters. The highest BCUT2D eigenvalue weighted by atomic mass is 16.2. The van der Waals surface area contributed by atoms with Crippen molar-refractivity contribution < 1.29 is 9.59 Å². The van der Waals surface area contributed by atoms with Crippen molar-refractivity contribution in [1.82, 2.24) is 24.6 Å². The Balaban J connectivity index is 1.63. The van der Waals surface area contributed by atoms with E-state index in [2.05, 4.69) is 19.7 Å². The molecule has 0 spiro atoms. The zero-order valence-electron chi connectivity index (χ0n) is 12.9. The summed E-state index contributed by atoms with van der Waals surface area (Å²) in [5, 5.41) is 8.21. The topological polar surface area (TPSA) is 97.3 Å². The highest BCUT2D eigenvalue weighted by Crippen LogP contribution is 2.18. The number of primary amides is 1. The van der Waals surface area contributed by atoms with Crippen LogP contribution in [0.2, 0.25) is 0 Å². The summed E-state index contributed by atoms with van der Waals surface area (Å²) in [6.45, 7) is 5.04. The fourth-order valence-electron chi connectivity index (χ4n) is 3.30. The van der Waals surface area contributed by atoms with Crippen LogP contribution in [0.4, 0.5) is 0 Å². The molecule has 2 amide bonds. The molecule has 0 bridgehead atoms.